The van der Waals surface area contributed by atoms with E-state index in [1.807, 2.05) is 24.3 Å². The van der Waals surface area contributed by atoms with Gasteiger partial charge in [0.25, 0.3) is 5.91 Å². The third kappa shape index (κ3) is 7.41. The zero-order valence-electron chi connectivity index (χ0n) is 26.8. The van der Waals surface area contributed by atoms with Crippen LogP contribution in [0.3, 0.4) is 0 Å². The number of hydrogen-bond donors (Lipinski definition) is 5. The van der Waals surface area contributed by atoms with E-state index in [4.69, 9.17) is 21.3 Å². The number of phenols is 1. The van der Waals surface area contributed by atoms with E-state index < -0.39 is 12.0 Å². The largest absolute Gasteiger partial charge is 0.507 e. The number of hydrogen-bond acceptors (Lipinski definition) is 7. The van der Waals surface area contributed by atoms with Gasteiger partial charge in [0.05, 0.1) is 5.56 Å². The van der Waals surface area contributed by atoms with Crippen LogP contribution in [0.15, 0.2) is 72.8 Å². The van der Waals surface area contributed by atoms with Crippen LogP contribution in [0.1, 0.15) is 61.1 Å². The monoisotopic (exact) mass is 653 g/mol. The number of aromatic hydroxyl groups is 1. The fourth-order valence-electron chi connectivity index (χ4n) is 7.05. The van der Waals surface area contributed by atoms with Crippen molar-refractivity contribution in [2.24, 2.45) is 5.73 Å². The maximum atomic E-state index is 15.2. The smallest absolute Gasteiger partial charge is 0.267 e. The number of imide groups is 1. The van der Waals surface area contributed by atoms with Crippen LogP contribution >= 0.6 is 0 Å². The Kier molecular flexibility index (Phi) is 9.86. The molecule has 3 aliphatic heterocycles. The number of allylic oxidation sites excluding steroid dienone is 1. The molecule has 3 aromatic carbocycles. The van der Waals surface area contributed by atoms with E-state index in [-0.39, 0.29) is 42.1 Å². The molecular formula is C37H42FN6O4+. The minimum Gasteiger partial charge on any atom is -0.507 e. The number of nitrogens with two attached hydrogens (primary N) is 2. The number of halogens is 1. The summed E-state index contributed by atoms with van der Waals surface area (Å²) in [6, 6.07) is 20.1. The van der Waals surface area contributed by atoms with Crippen molar-refractivity contribution >= 4 is 34.6 Å². The van der Waals surface area contributed by atoms with Gasteiger partial charge in [-0.05, 0) is 86.1 Å². The summed E-state index contributed by atoms with van der Waals surface area (Å²) in [6.45, 7) is 3.69. The molecule has 1 atom stereocenters. The predicted octanol–water partition coefficient (Wildman–Crippen LogP) is 3.13. The molecule has 48 heavy (non-hydrogen) atoms. The zero-order chi connectivity index (χ0) is 33.8. The van der Waals surface area contributed by atoms with Crippen molar-refractivity contribution in [3.8, 4) is 11.5 Å². The zero-order valence-corrected chi connectivity index (χ0v) is 26.8. The van der Waals surface area contributed by atoms with E-state index in [0.29, 0.717) is 34.2 Å². The summed E-state index contributed by atoms with van der Waals surface area (Å²) < 4.78 is 20.9. The van der Waals surface area contributed by atoms with Crippen molar-refractivity contribution in [1.29, 1.82) is 5.41 Å². The number of anilines is 1. The Labute approximate surface area is 279 Å². The number of rotatable bonds is 9. The van der Waals surface area contributed by atoms with Crippen LogP contribution in [0.25, 0.3) is 5.57 Å². The third-order valence-corrected chi connectivity index (χ3v) is 9.74. The van der Waals surface area contributed by atoms with E-state index in [9.17, 15) is 14.7 Å². The van der Waals surface area contributed by atoms with Gasteiger partial charge in [-0.25, -0.2) is 4.39 Å². The molecule has 0 bridgehead atoms. The van der Waals surface area contributed by atoms with Gasteiger partial charge in [-0.1, -0.05) is 30.3 Å². The lowest BCUT2D eigenvalue weighted by atomic mass is 9.87. The van der Waals surface area contributed by atoms with Gasteiger partial charge in [0, 0.05) is 55.4 Å². The molecule has 0 aliphatic carbocycles. The molecule has 250 valence electrons. The number of carbonyl (C=O) groups is 2. The lowest BCUT2D eigenvalue weighted by Gasteiger charge is -2.42. The third-order valence-electron chi connectivity index (χ3n) is 9.74. The number of amidine groups is 1. The normalized spacial score (nSPS) is 20.0. The molecule has 3 aromatic rings. The first-order valence-electron chi connectivity index (χ1n) is 16.5. The molecule has 0 saturated carbocycles. The number of phenolic OH excluding ortho intramolecular Hbond substituents is 1. The maximum Gasteiger partial charge on any atom is 0.267 e. The Morgan fingerprint density at radius 1 is 0.979 bits per heavy atom. The van der Waals surface area contributed by atoms with Crippen LogP contribution in [-0.2, 0) is 9.59 Å². The van der Waals surface area contributed by atoms with Crippen molar-refractivity contribution in [1.82, 2.24) is 10.2 Å². The molecule has 1 unspecified atom stereocenters. The second-order valence-corrected chi connectivity index (χ2v) is 12.8. The van der Waals surface area contributed by atoms with Crippen molar-refractivity contribution in [3.05, 3.63) is 95.3 Å². The van der Waals surface area contributed by atoms with Gasteiger partial charge in [-0.15, -0.1) is 0 Å². The van der Waals surface area contributed by atoms with Crippen molar-refractivity contribution in [3.63, 3.8) is 0 Å². The number of para-hydroxylation sites is 1. The highest BCUT2D eigenvalue weighted by molar-refractivity contribution is 6.26. The first-order valence-corrected chi connectivity index (χ1v) is 16.5. The molecule has 2 amide bonds. The second-order valence-electron chi connectivity index (χ2n) is 12.8. The number of piperidine rings is 3. The lowest BCUT2D eigenvalue weighted by Crippen LogP contribution is -2.47. The SMILES string of the molecule is N=C(N)/C(=C\C(=[NH2+])c1ccccc1O)c1ccc(N2CCC(N3CCC(c4ccc(OC5CCC(=O)NC5=O)cc4F)CC3)CC2)cc1. The summed E-state index contributed by atoms with van der Waals surface area (Å²) in [7, 11) is 0. The number of carbonyl (C=O) groups excluding carboxylic acids is 2. The molecule has 10 nitrogen and oxygen atoms in total. The Morgan fingerprint density at radius 2 is 1.69 bits per heavy atom. The van der Waals surface area contributed by atoms with E-state index >= 15 is 4.39 Å². The number of ether oxygens (including phenoxy) is 1. The number of benzene rings is 3. The Bertz CT molecular complexity index is 1730. The van der Waals surface area contributed by atoms with Crippen LogP contribution in [0.2, 0.25) is 0 Å². The average Bonchev–Trinajstić information content (AvgIpc) is 3.09. The fourth-order valence-corrected chi connectivity index (χ4v) is 7.05. The van der Waals surface area contributed by atoms with Gasteiger partial charge >= 0.3 is 0 Å². The van der Waals surface area contributed by atoms with Crippen LogP contribution < -0.4 is 26.1 Å². The van der Waals surface area contributed by atoms with Crippen molar-refractivity contribution in [2.45, 2.75) is 56.6 Å². The summed E-state index contributed by atoms with van der Waals surface area (Å²) in [5, 5.41) is 26.8. The van der Waals surface area contributed by atoms with Crippen LogP contribution in [-0.4, -0.2) is 71.7 Å². The van der Waals surface area contributed by atoms with E-state index in [2.05, 4.69) is 15.1 Å². The minimum atomic E-state index is -0.788. The summed E-state index contributed by atoms with van der Waals surface area (Å²) in [5.41, 5.74) is 9.79. The predicted molar refractivity (Wildman–Crippen MR) is 182 cm³/mol. The second kappa shape index (κ2) is 14.4. The quantitative estimate of drug-likeness (QED) is 0.135. The molecule has 3 saturated heterocycles. The molecular weight excluding hydrogens is 611 g/mol. The standard InChI is InChI=1S/C37H41FN6O4/c38-31-21-27(48-34-11-12-35(46)42-37(34)47)9-10-28(31)24-13-17-43(18-14-24)26-15-19-44(20-16-26)25-7-5-23(6-8-25)30(36(40)41)22-32(39)29-3-1-2-4-33(29)45/h1-10,21-22,24,26,34,39,45H,11-20H2,(H3,40,41)(H,42,46,47)/p+1/b30-22-,39-32?. The topological polar surface area (TPSA) is 158 Å². The van der Waals surface area contributed by atoms with Crippen LogP contribution in [0.4, 0.5) is 10.1 Å². The molecule has 11 heteroatoms. The van der Waals surface area contributed by atoms with E-state index in [1.54, 1.807) is 42.5 Å². The maximum absolute atomic E-state index is 15.2. The lowest BCUT2D eigenvalue weighted by molar-refractivity contribution is -0.138. The van der Waals surface area contributed by atoms with E-state index in [1.165, 1.54) is 6.07 Å². The molecule has 0 spiro atoms. The van der Waals surface area contributed by atoms with Crippen molar-refractivity contribution < 1.29 is 29.2 Å². The van der Waals surface area contributed by atoms with Gasteiger partial charge in [-0.2, -0.15) is 0 Å². The van der Waals surface area contributed by atoms with Gasteiger partial charge in [0.1, 0.15) is 23.2 Å². The molecule has 0 aromatic heterocycles. The highest BCUT2D eigenvalue weighted by atomic mass is 19.1. The molecule has 3 heterocycles. The van der Waals surface area contributed by atoms with Crippen molar-refractivity contribution in [2.75, 3.05) is 31.1 Å². The first-order chi connectivity index (χ1) is 23.2. The molecule has 3 fully saturated rings. The Balaban J connectivity index is 0.998. The molecule has 6 rings (SSSR count). The Hall–Kier alpha value is -5.03. The molecule has 0 radical (unpaired) electrons. The summed E-state index contributed by atoms with van der Waals surface area (Å²) >= 11 is 0. The first kappa shape index (κ1) is 32.9. The van der Waals surface area contributed by atoms with Crippen LogP contribution in [0.5, 0.6) is 11.5 Å². The Morgan fingerprint density at radius 3 is 2.33 bits per heavy atom. The average molecular weight is 654 g/mol. The highest BCUT2D eigenvalue weighted by Crippen LogP contribution is 2.34. The van der Waals surface area contributed by atoms with Crippen LogP contribution in [0, 0.1) is 11.2 Å². The number of nitrogens with zero attached hydrogens (tertiary/aromatic N) is 2. The minimum absolute atomic E-state index is 0.0665. The summed E-state index contributed by atoms with van der Waals surface area (Å²) in [4.78, 5) is 28.3. The van der Waals surface area contributed by atoms with E-state index in [0.717, 1.165) is 63.1 Å². The molecule has 7 N–H and O–H groups in total. The number of amides is 2. The summed E-state index contributed by atoms with van der Waals surface area (Å²) in [5.74, 6) is -0.726. The highest BCUT2D eigenvalue weighted by Gasteiger charge is 2.31. The number of likely N-dealkylation sites (tertiary alicyclic amines) is 1. The number of nitrogens with one attached hydrogen (secondary N) is 2. The molecule has 3 aliphatic rings. The summed E-state index contributed by atoms with van der Waals surface area (Å²) in [6.07, 6.45) is 5.17. The van der Waals surface area contributed by atoms with Gasteiger partial charge < -0.3 is 25.4 Å². The van der Waals surface area contributed by atoms with Gasteiger partial charge in [-0.3, -0.25) is 25.7 Å². The van der Waals surface area contributed by atoms with Gasteiger partial charge in [0.2, 0.25) is 11.6 Å². The van der Waals surface area contributed by atoms with Gasteiger partial charge in [0.15, 0.2) is 6.10 Å². The fraction of sp³-hybridized carbons (Fsp3) is 0.351.